The molecule has 2 rings (SSSR count). The van der Waals surface area contributed by atoms with E-state index in [0.29, 0.717) is 13.0 Å². The summed E-state index contributed by atoms with van der Waals surface area (Å²) in [5.74, 6) is 0.0937. The molecule has 1 unspecified atom stereocenters. The van der Waals surface area contributed by atoms with Gasteiger partial charge in [-0.3, -0.25) is 4.79 Å². The lowest BCUT2D eigenvalue weighted by Gasteiger charge is -2.30. The van der Waals surface area contributed by atoms with Crippen LogP contribution < -0.4 is 0 Å². The molecule has 15 heavy (non-hydrogen) atoms. The molecule has 4 nitrogen and oxygen atoms in total. The summed E-state index contributed by atoms with van der Waals surface area (Å²) in [5.41, 5.74) is 0.931. The predicted molar refractivity (Wildman–Crippen MR) is 56.3 cm³/mol. The summed E-state index contributed by atoms with van der Waals surface area (Å²) in [7, 11) is 0. The van der Waals surface area contributed by atoms with E-state index in [-0.39, 0.29) is 12.0 Å². The number of amides is 1. The molecule has 1 aliphatic rings. The number of carbonyl (C=O) groups excluding carboxylic acids is 1. The SMILES string of the molecule is O=C(Cc1ccc[nH]1)N1CCCC(O)C1. The minimum absolute atomic E-state index is 0.0937. The van der Waals surface area contributed by atoms with Gasteiger partial charge in [0.25, 0.3) is 0 Å². The molecule has 1 fully saturated rings. The van der Waals surface area contributed by atoms with E-state index in [1.54, 1.807) is 4.90 Å². The fourth-order valence-electron chi connectivity index (χ4n) is 1.93. The molecule has 2 heterocycles. The first-order valence-corrected chi connectivity index (χ1v) is 5.34. The van der Waals surface area contributed by atoms with Crippen molar-refractivity contribution in [2.75, 3.05) is 13.1 Å². The minimum atomic E-state index is -0.341. The molecule has 1 aliphatic heterocycles. The van der Waals surface area contributed by atoms with Gasteiger partial charge in [0, 0.05) is 25.0 Å². The third kappa shape index (κ3) is 2.59. The molecule has 1 aromatic heterocycles. The zero-order valence-corrected chi connectivity index (χ0v) is 8.65. The van der Waals surface area contributed by atoms with Crippen molar-refractivity contribution >= 4 is 5.91 Å². The van der Waals surface area contributed by atoms with E-state index in [4.69, 9.17) is 0 Å². The Bertz CT molecular complexity index is 321. The number of likely N-dealkylation sites (tertiary alicyclic amines) is 1. The zero-order chi connectivity index (χ0) is 10.7. The van der Waals surface area contributed by atoms with Crippen LogP contribution in [0.15, 0.2) is 18.3 Å². The van der Waals surface area contributed by atoms with Crippen molar-refractivity contribution < 1.29 is 9.90 Å². The first-order chi connectivity index (χ1) is 7.25. The maximum absolute atomic E-state index is 11.8. The summed E-state index contributed by atoms with van der Waals surface area (Å²) >= 11 is 0. The van der Waals surface area contributed by atoms with Gasteiger partial charge in [0.05, 0.1) is 12.5 Å². The van der Waals surface area contributed by atoms with Crippen LogP contribution >= 0.6 is 0 Å². The lowest BCUT2D eigenvalue weighted by molar-refractivity contribution is -0.133. The highest BCUT2D eigenvalue weighted by Crippen LogP contribution is 2.11. The summed E-state index contributed by atoms with van der Waals surface area (Å²) in [6, 6.07) is 3.78. The van der Waals surface area contributed by atoms with Gasteiger partial charge < -0.3 is 15.0 Å². The van der Waals surface area contributed by atoms with E-state index in [2.05, 4.69) is 4.98 Å². The first-order valence-electron chi connectivity index (χ1n) is 5.34. The average Bonchev–Trinajstić information content (AvgIpc) is 2.70. The number of H-pyrrole nitrogens is 1. The molecule has 1 saturated heterocycles. The number of β-amino-alcohol motifs (C(OH)–C–C–N with tert-alkyl or cyclic N) is 1. The Morgan fingerprint density at radius 3 is 3.20 bits per heavy atom. The summed E-state index contributed by atoms with van der Waals surface area (Å²) in [6.45, 7) is 1.26. The van der Waals surface area contributed by atoms with E-state index < -0.39 is 0 Å². The van der Waals surface area contributed by atoms with Crippen molar-refractivity contribution in [2.45, 2.75) is 25.4 Å². The Morgan fingerprint density at radius 1 is 1.67 bits per heavy atom. The van der Waals surface area contributed by atoms with Crippen LogP contribution in [0.4, 0.5) is 0 Å². The second kappa shape index (κ2) is 4.49. The summed E-state index contributed by atoms with van der Waals surface area (Å²) < 4.78 is 0. The van der Waals surface area contributed by atoms with Crippen LogP contribution in [0.3, 0.4) is 0 Å². The van der Waals surface area contributed by atoms with Crippen molar-refractivity contribution in [2.24, 2.45) is 0 Å². The Hall–Kier alpha value is -1.29. The molecule has 0 aliphatic carbocycles. The minimum Gasteiger partial charge on any atom is -0.391 e. The number of carbonyl (C=O) groups is 1. The van der Waals surface area contributed by atoms with E-state index in [1.807, 2.05) is 18.3 Å². The van der Waals surface area contributed by atoms with Crippen LogP contribution in [-0.2, 0) is 11.2 Å². The Balaban J connectivity index is 1.90. The molecule has 1 atom stereocenters. The second-order valence-corrected chi connectivity index (χ2v) is 4.01. The first kappa shape index (κ1) is 10.2. The van der Waals surface area contributed by atoms with Gasteiger partial charge in [0.2, 0.25) is 5.91 Å². The molecule has 1 aromatic rings. The number of nitrogens with zero attached hydrogens (tertiary/aromatic N) is 1. The van der Waals surface area contributed by atoms with Crippen LogP contribution in [0.1, 0.15) is 18.5 Å². The number of hydrogen-bond acceptors (Lipinski definition) is 2. The van der Waals surface area contributed by atoms with Crippen molar-refractivity contribution in [1.82, 2.24) is 9.88 Å². The molecular weight excluding hydrogens is 192 g/mol. The number of nitrogens with one attached hydrogen (secondary N) is 1. The Labute approximate surface area is 88.9 Å². The molecule has 0 spiro atoms. The van der Waals surface area contributed by atoms with Crippen LogP contribution in [-0.4, -0.2) is 40.1 Å². The highest BCUT2D eigenvalue weighted by atomic mass is 16.3. The van der Waals surface area contributed by atoms with E-state index in [0.717, 1.165) is 25.1 Å². The van der Waals surface area contributed by atoms with Gasteiger partial charge in [-0.15, -0.1) is 0 Å². The van der Waals surface area contributed by atoms with Crippen LogP contribution in [0, 0.1) is 0 Å². The monoisotopic (exact) mass is 208 g/mol. The van der Waals surface area contributed by atoms with Crippen LogP contribution in [0.2, 0.25) is 0 Å². The highest BCUT2D eigenvalue weighted by molar-refractivity contribution is 5.78. The summed E-state index contributed by atoms with van der Waals surface area (Å²) in [5, 5.41) is 9.45. The number of rotatable bonds is 2. The maximum atomic E-state index is 11.8. The molecule has 1 amide bonds. The topological polar surface area (TPSA) is 56.3 Å². The van der Waals surface area contributed by atoms with Gasteiger partial charge in [0.15, 0.2) is 0 Å². The zero-order valence-electron chi connectivity index (χ0n) is 8.65. The van der Waals surface area contributed by atoms with E-state index >= 15 is 0 Å². The number of hydrogen-bond donors (Lipinski definition) is 2. The number of aromatic nitrogens is 1. The van der Waals surface area contributed by atoms with Crippen molar-refractivity contribution in [3.8, 4) is 0 Å². The largest absolute Gasteiger partial charge is 0.391 e. The summed E-state index contributed by atoms with van der Waals surface area (Å²) in [6.07, 6.45) is 3.59. The smallest absolute Gasteiger partial charge is 0.228 e. The molecule has 0 radical (unpaired) electrons. The van der Waals surface area contributed by atoms with Gasteiger partial charge in [-0.2, -0.15) is 0 Å². The van der Waals surface area contributed by atoms with Crippen LogP contribution in [0.25, 0.3) is 0 Å². The predicted octanol–water partition coefficient (Wildman–Crippen LogP) is 0.540. The molecule has 82 valence electrons. The Morgan fingerprint density at radius 2 is 2.53 bits per heavy atom. The molecule has 4 heteroatoms. The standard InChI is InChI=1S/C11H16N2O2/c14-10-4-2-6-13(8-10)11(15)7-9-3-1-5-12-9/h1,3,5,10,12,14H,2,4,6-8H2. The van der Waals surface area contributed by atoms with Crippen molar-refractivity contribution in [3.05, 3.63) is 24.0 Å². The number of aliphatic hydroxyl groups is 1. The quantitative estimate of drug-likeness (QED) is 0.745. The fourth-order valence-corrected chi connectivity index (χ4v) is 1.93. The molecule has 0 saturated carbocycles. The molecular formula is C11H16N2O2. The van der Waals surface area contributed by atoms with Crippen molar-refractivity contribution in [1.29, 1.82) is 0 Å². The third-order valence-electron chi connectivity index (χ3n) is 2.75. The molecule has 0 bridgehead atoms. The van der Waals surface area contributed by atoms with Gasteiger partial charge in [-0.25, -0.2) is 0 Å². The normalized spacial score (nSPS) is 21.7. The Kier molecular flexibility index (Phi) is 3.06. The lowest BCUT2D eigenvalue weighted by atomic mass is 10.1. The number of piperidine rings is 1. The number of aromatic amines is 1. The maximum Gasteiger partial charge on any atom is 0.228 e. The van der Waals surface area contributed by atoms with E-state index in [1.165, 1.54) is 0 Å². The van der Waals surface area contributed by atoms with E-state index in [9.17, 15) is 9.90 Å². The van der Waals surface area contributed by atoms with Gasteiger partial charge in [-0.05, 0) is 25.0 Å². The second-order valence-electron chi connectivity index (χ2n) is 4.01. The third-order valence-corrected chi connectivity index (χ3v) is 2.75. The fraction of sp³-hybridized carbons (Fsp3) is 0.545. The number of aliphatic hydroxyl groups excluding tert-OH is 1. The lowest BCUT2D eigenvalue weighted by Crippen LogP contribution is -2.42. The van der Waals surface area contributed by atoms with Gasteiger partial charge >= 0.3 is 0 Å². The van der Waals surface area contributed by atoms with Gasteiger partial charge in [0.1, 0.15) is 0 Å². The summed E-state index contributed by atoms with van der Waals surface area (Å²) in [4.78, 5) is 16.6. The van der Waals surface area contributed by atoms with Crippen LogP contribution in [0.5, 0.6) is 0 Å². The highest BCUT2D eigenvalue weighted by Gasteiger charge is 2.21. The van der Waals surface area contributed by atoms with Crippen molar-refractivity contribution in [3.63, 3.8) is 0 Å². The average molecular weight is 208 g/mol. The molecule has 2 N–H and O–H groups in total. The molecule has 0 aromatic carbocycles. The van der Waals surface area contributed by atoms with Gasteiger partial charge in [-0.1, -0.05) is 0 Å².